The number of hydrogen-bond donors (Lipinski definition) is 0. The van der Waals surface area contributed by atoms with Crippen molar-refractivity contribution in [1.29, 1.82) is 0 Å². The van der Waals surface area contributed by atoms with Crippen LogP contribution in [0.5, 0.6) is 0 Å². The van der Waals surface area contributed by atoms with E-state index in [1.807, 2.05) is 13.8 Å². The van der Waals surface area contributed by atoms with Crippen LogP contribution in [0.15, 0.2) is 0 Å². The molecule has 2 saturated heterocycles. The second-order valence-corrected chi connectivity index (χ2v) is 3.20. The Balaban J connectivity index is 0.000000396. The maximum Gasteiger partial charge on any atom is 0.0822 e. The lowest BCUT2D eigenvalue weighted by atomic mass is 10.3. The Labute approximate surface area is 81.0 Å². The Hall–Kier alpha value is -0.120. The van der Waals surface area contributed by atoms with Crippen molar-refractivity contribution in [3.63, 3.8) is 0 Å². The Bertz CT molecular complexity index is 120. The molecule has 0 aliphatic carbocycles. The van der Waals surface area contributed by atoms with Gasteiger partial charge in [0, 0.05) is 19.6 Å². The molecule has 2 aliphatic rings. The average molecular weight is 187 g/mol. The van der Waals surface area contributed by atoms with Gasteiger partial charge in [-0.2, -0.15) is 0 Å². The normalized spacial score (nSPS) is 27.7. The van der Waals surface area contributed by atoms with Crippen molar-refractivity contribution < 1.29 is 9.47 Å². The van der Waals surface area contributed by atoms with E-state index < -0.39 is 0 Å². The average Bonchev–Trinajstić information content (AvgIpc) is 3.03. The molecule has 1 unspecified atom stereocenters. The monoisotopic (exact) mass is 187 g/mol. The van der Waals surface area contributed by atoms with Gasteiger partial charge in [-0.1, -0.05) is 13.8 Å². The summed E-state index contributed by atoms with van der Waals surface area (Å²) >= 11 is 0. The quantitative estimate of drug-likeness (QED) is 0.619. The van der Waals surface area contributed by atoms with Crippen LogP contribution < -0.4 is 0 Å². The van der Waals surface area contributed by atoms with Gasteiger partial charge in [0.2, 0.25) is 0 Å². The maximum absolute atomic E-state index is 5.25. The van der Waals surface area contributed by atoms with Crippen LogP contribution in [0.3, 0.4) is 0 Å². The minimum absolute atomic E-state index is 0.581. The zero-order valence-corrected chi connectivity index (χ0v) is 8.79. The van der Waals surface area contributed by atoms with Crippen molar-refractivity contribution in [1.82, 2.24) is 4.90 Å². The van der Waals surface area contributed by atoms with Gasteiger partial charge < -0.3 is 9.47 Å². The fourth-order valence-electron chi connectivity index (χ4n) is 1.39. The van der Waals surface area contributed by atoms with Crippen molar-refractivity contribution in [2.24, 2.45) is 0 Å². The highest BCUT2D eigenvalue weighted by molar-refractivity contribution is 4.72. The van der Waals surface area contributed by atoms with E-state index in [1.54, 1.807) is 0 Å². The molecule has 0 aromatic rings. The Morgan fingerprint density at radius 3 is 2.38 bits per heavy atom. The van der Waals surface area contributed by atoms with Crippen LogP contribution in [0, 0.1) is 0 Å². The topological polar surface area (TPSA) is 25.0 Å². The summed E-state index contributed by atoms with van der Waals surface area (Å²) in [5, 5.41) is 0. The fourth-order valence-corrected chi connectivity index (χ4v) is 1.39. The highest BCUT2D eigenvalue weighted by Crippen LogP contribution is 2.14. The standard InChI is InChI=1S/C8H15NO2.C2H6/c1(8-7-11-8)2-9-3-5-10-6-4-9;1-2/h8H,1-7H2;1-2H3. The molecular formula is C10H21NO2. The van der Waals surface area contributed by atoms with Gasteiger partial charge in [-0.3, -0.25) is 4.90 Å². The number of morpholine rings is 1. The molecule has 0 spiro atoms. The second-order valence-electron chi connectivity index (χ2n) is 3.20. The molecule has 13 heavy (non-hydrogen) atoms. The van der Waals surface area contributed by atoms with E-state index in [2.05, 4.69) is 4.90 Å². The molecule has 1 atom stereocenters. The van der Waals surface area contributed by atoms with Crippen LogP contribution in [0.25, 0.3) is 0 Å². The van der Waals surface area contributed by atoms with Gasteiger partial charge in [0.1, 0.15) is 0 Å². The third kappa shape index (κ3) is 4.60. The van der Waals surface area contributed by atoms with E-state index in [9.17, 15) is 0 Å². The van der Waals surface area contributed by atoms with Crippen LogP contribution in [0.4, 0.5) is 0 Å². The second kappa shape index (κ2) is 6.35. The number of ether oxygens (including phenoxy) is 2. The number of nitrogens with zero attached hydrogens (tertiary/aromatic N) is 1. The number of rotatable bonds is 3. The Kier molecular flexibility index (Phi) is 5.35. The van der Waals surface area contributed by atoms with E-state index in [0.29, 0.717) is 6.10 Å². The van der Waals surface area contributed by atoms with Crippen molar-refractivity contribution >= 4 is 0 Å². The molecule has 0 amide bonds. The molecule has 3 heteroatoms. The van der Waals surface area contributed by atoms with Crippen molar-refractivity contribution in [2.75, 3.05) is 39.5 Å². The summed E-state index contributed by atoms with van der Waals surface area (Å²) in [5.41, 5.74) is 0. The van der Waals surface area contributed by atoms with Crippen molar-refractivity contribution in [3.8, 4) is 0 Å². The molecule has 0 saturated carbocycles. The number of hydrogen-bond acceptors (Lipinski definition) is 3. The highest BCUT2D eigenvalue weighted by atomic mass is 16.6. The van der Waals surface area contributed by atoms with Gasteiger partial charge in [0.15, 0.2) is 0 Å². The summed E-state index contributed by atoms with van der Waals surface area (Å²) in [6, 6.07) is 0. The highest BCUT2D eigenvalue weighted by Gasteiger charge is 2.23. The fraction of sp³-hybridized carbons (Fsp3) is 1.00. The van der Waals surface area contributed by atoms with Gasteiger partial charge in [-0.05, 0) is 6.42 Å². The van der Waals surface area contributed by atoms with Gasteiger partial charge >= 0.3 is 0 Å². The molecule has 2 aliphatic heterocycles. The molecule has 3 nitrogen and oxygen atoms in total. The van der Waals surface area contributed by atoms with Crippen LogP contribution in [0.2, 0.25) is 0 Å². The molecule has 2 heterocycles. The molecule has 0 aromatic carbocycles. The molecule has 0 aromatic heterocycles. The number of epoxide rings is 1. The van der Waals surface area contributed by atoms with E-state index in [-0.39, 0.29) is 0 Å². The molecule has 78 valence electrons. The van der Waals surface area contributed by atoms with Crippen molar-refractivity contribution in [2.45, 2.75) is 26.4 Å². The first kappa shape index (κ1) is 11.0. The molecule has 0 radical (unpaired) electrons. The maximum atomic E-state index is 5.25. The van der Waals surface area contributed by atoms with E-state index in [1.165, 1.54) is 13.0 Å². The predicted molar refractivity (Wildman–Crippen MR) is 53.0 cm³/mol. The summed E-state index contributed by atoms with van der Waals surface area (Å²) in [6.45, 7) is 10.2. The predicted octanol–water partition coefficient (Wildman–Crippen LogP) is 1.13. The first-order chi connectivity index (χ1) is 6.45. The van der Waals surface area contributed by atoms with Crippen LogP contribution in [-0.4, -0.2) is 50.5 Å². The zero-order chi connectivity index (χ0) is 9.52. The third-order valence-electron chi connectivity index (χ3n) is 2.27. The zero-order valence-electron chi connectivity index (χ0n) is 8.79. The minimum atomic E-state index is 0.581. The smallest absolute Gasteiger partial charge is 0.0822 e. The third-order valence-corrected chi connectivity index (χ3v) is 2.27. The first-order valence-electron chi connectivity index (χ1n) is 5.37. The lowest BCUT2D eigenvalue weighted by Crippen LogP contribution is -2.37. The van der Waals surface area contributed by atoms with Crippen LogP contribution in [0.1, 0.15) is 20.3 Å². The Morgan fingerprint density at radius 1 is 1.23 bits per heavy atom. The molecule has 2 rings (SSSR count). The lowest BCUT2D eigenvalue weighted by Gasteiger charge is -2.26. The van der Waals surface area contributed by atoms with E-state index >= 15 is 0 Å². The summed E-state index contributed by atoms with van der Waals surface area (Å²) in [4.78, 5) is 2.45. The summed E-state index contributed by atoms with van der Waals surface area (Å²) in [6.07, 6.45) is 1.79. The van der Waals surface area contributed by atoms with E-state index in [0.717, 1.165) is 32.9 Å². The molecule has 0 bridgehead atoms. The van der Waals surface area contributed by atoms with Gasteiger partial charge in [-0.15, -0.1) is 0 Å². The molecular weight excluding hydrogens is 166 g/mol. The lowest BCUT2D eigenvalue weighted by molar-refractivity contribution is 0.0365. The largest absolute Gasteiger partial charge is 0.379 e. The van der Waals surface area contributed by atoms with E-state index in [4.69, 9.17) is 9.47 Å². The van der Waals surface area contributed by atoms with Gasteiger partial charge in [-0.25, -0.2) is 0 Å². The van der Waals surface area contributed by atoms with Gasteiger partial charge in [0.05, 0.1) is 25.9 Å². The summed E-state index contributed by atoms with van der Waals surface area (Å²) in [7, 11) is 0. The SMILES string of the molecule is C1CN(CCC2CO2)CCO1.CC. The Morgan fingerprint density at radius 2 is 1.85 bits per heavy atom. The van der Waals surface area contributed by atoms with Crippen LogP contribution in [-0.2, 0) is 9.47 Å². The van der Waals surface area contributed by atoms with Gasteiger partial charge in [0.25, 0.3) is 0 Å². The van der Waals surface area contributed by atoms with Crippen LogP contribution >= 0.6 is 0 Å². The van der Waals surface area contributed by atoms with Crippen molar-refractivity contribution in [3.05, 3.63) is 0 Å². The first-order valence-corrected chi connectivity index (χ1v) is 5.37. The molecule has 2 fully saturated rings. The summed E-state index contributed by atoms with van der Waals surface area (Å²) < 4.78 is 10.4. The summed E-state index contributed by atoms with van der Waals surface area (Å²) in [5.74, 6) is 0. The molecule has 0 N–H and O–H groups in total. The minimum Gasteiger partial charge on any atom is -0.379 e.